The summed E-state index contributed by atoms with van der Waals surface area (Å²) in [4.78, 5) is 24.1. The van der Waals surface area contributed by atoms with Crippen LogP contribution in [-0.4, -0.2) is 28.3 Å². The molecule has 0 unspecified atom stereocenters. The molecule has 3 aromatic carbocycles. The zero-order chi connectivity index (χ0) is 20.8. The predicted molar refractivity (Wildman–Crippen MR) is 108 cm³/mol. The maximum absolute atomic E-state index is 12.1. The van der Waals surface area contributed by atoms with Crippen molar-refractivity contribution in [3.63, 3.8) is 0 Å². The van der Waals surface area contributed by atoms with E-state index in [0.29, 0.717) is 21.9 Å². The Morgan fingerprint density at radius 2 is 1.76 bits per heavy atom. The second kappa shape index (κ2) is 8.90. The van der Waals surface area contributed by atoms with Gasteiger partial charge in [0.15, 0.2) is 0 Å². The highest BCUT2D eigenvalue weighted by molar-refractivity contribution is 6.30. The number of hydrogen-bond acceptors (Lipinski definition) is 6. The molecule has 0 saturated carbocycles. The van der Waals surface area contributed by atoms with Gasteiger partial charge in [0, 0.05) is 11.1 Å². The average Bonchev–Trinajstić information content (AvgIpc) is 2.69. The first-order valence-corrected chi connectivity index (χ1v) is 8.73. The molecule has 3 rings (SSSR count). The average molecular weight is 411 g/mol. The van der Waals surface area contributed by atoms with Gasteiger partial charge < -0.3 is 14.9 Å². The third-order valence-electron chi connectivity index (χ3n) is 3.76. The molecule has 0 fully saturated rings. The number of benzene rings is 3. The van der Waals surface area contributed by atoms with Crippen molar-refractivity contribution in [3.05, 3.63) is 88.4 Å². The Bertz CT molecular complexity index is 1080. The Hall–Kier alpha value is -3.84. The van der Waals surface area contributed by atoms with Crippen LogP contribution >= 0.6 is 11.6 Å². The van der Waals surface area contributed by atoms with Crippen LogP contribution in [0.4, 0.5) is 0 Å². The minimum atomic E-state index is -0.633. The fourth-order valence-electron chi connectivity index (χ4n) is 2.34. The molecule has 0 aliphatic heterocycles. The normalized spacial score (nSPS) is 10.7. The van der Waals surface area contributed by atoms with Crippen molar-refractivity contribution in [2.45, 2.75) is 0 Å². The molecular formula is C21H15ClN2O5. The third kappa shape index (κ3) is 5.33. The SMILES string of the molecule is O=C(Oc1ccc(/C=N/NC(=O)c2ccc(O)cc2O)cc1)c1cccc(Cl)c1. The first-order chi connectivity index (χ1) is 13.9. The van der Waals surface area contributed by atoms with E-state index in [-0.39, 0.29) is 17.1 Å². The number of esters is 1. The lowest BCUT2D eigenvalue weighted by atomic mass is 10.2. The topological polar surface area (TPSA) is 108 Å². The molecule has 0 aliphatic rings. The van der Waals surface area contributed by atoms with Gasteiger partial charge in [0.1, 0.15) is 17.2 Å². The molecule has 0 spiro atoms. The number of carbonyl (C=O) groups excluding carboxylic acids is 2. The van der Waals surface area contributed by atoms with Gasteiger partial charge in [-0.3, -0.25) is 4.79 Å². The molecule has 0 atom stereocenters. The monoisotopic (exact) mass is 410 g/mol. The Morgan fingerprint density at radius 3 is 2.45 bits per heavy atom. The van der Waals surface area contributed by atoms with Gasteiger partial charge in [-0.25, -0.2) is 10.2 Å². The molecule has 0 aromatic heterocycles. The number of amides is 1. The zero-order valence-corrected chi connectivity index (χ0v) is 15.6. The summed E-state index contributed by atoms with van der Waals surface area (Å²) in [5.74, 6) is -1.34. The van der Waals surface area contributed by atoms with Crippen molar-refractivity contribution >= 4 is 29.7 Å². The fraction of sp³-hybridized carbons (Fsp3) is 0. The van der Waals surface area contributed by atoms with Crippen LogP contribution in [0.15, 0.2) is 71.8 Å². The number of nitrogens with one attached hydrogen (secondary N) is 1. The molecule has 8 heteroatoms. The smallest absolute Gasteiger partial charge is 0.343 e. The predicted octanol–water partition coefficient (Wildman–Crippen LogP) is 3.73. The summed E-state index contributed by atoms with van der Waals surface area (Å²) in [7, 11) is 0. The molecule has 0 aliphatic carbocycles. The van der Waals surface area contributed by atoms with E-state index in [0.717, 1.165) is 6.07 Å². The number of phenols is 2. The van der Waals surface area contributed by atoms with Crippen molar-refractivity contribution in [1.82, 2.24) is 5.43 Å². The summed E-state index contributed by atoms with van der Waals surface area (Å²) >= 11 is 5.86. The molecule has 146 valence electrons. The largest absolute Gasteiger partial charge is 0.508 e. The first-order valence-electron chi connectivity index (χ1n) is 8.35. The van der Waals surface area contributed by atoms with E-state index in [9.17, 15) is 19.8 Å². The van der Waals surface area contributed by atoms with E-state index in [1.54, 1.807) is 42.5 Å². The van der Waals surface area contributed by atoms with Crippen LogP contribution in [0.3, 0.4) is 0 Å². The number of nitrogens with zero attached hydrogens (tertiary/aromatic N) is 1. The molecular weight excluding hydrogens is 396 g/mol. The maximum atomic E-state index is 12.1. The minimum absolute atomic E-state index is 0.0248. The number of carbonyl (C=O) groups is 2. The Balaban J connectivity index is 1.58. The molecule has 3 aromatic rings. The number of hydrogen-bond donors (Lipinski definition) is 3. The molecule has 0 saturated heterocycles. The molecule has 7 nitrogen and oxygen atoms in total. The highest BCUT2D eigenvalue weighted by Gasteiger charge is 2.11. The summed E-state index contributed by atoms with van der Waals surface area (Å²) in [6, 6.07) is 16.5. The van der Waals surface area contributed by atoms with E-state index < -0.39 is 11.9 Å². The molecule has 0 radical (unpaired) electrons. The van der Waals surface area contributed by atoms with Crippen LogP contribution in [0.5, 0.6) is 17.2 Å². The molecule has 0 heterocycles. The maximum Gasteiger partial charge on any atom is 0.343 e. The zero-order valence-electron chi connectivity index (χ0n) is 14.9. The molecule has 3 N–H and O–H groups in total. The Labute approximate surface area is 170 Å². The summed E-state index contributed by atoms with van der Waals surface area (Å²) in [5.41, 5.74) is 3.23. The van der Waals surface area contributed by atoms with Crippen LogP contribution in [0.25, 0.3) is 0 Å². The second-order valence-corrected chi connectivity index (χ2v) is 6.31. The highest BCUT2D eigenvalue weighted by Crippen LogP contribution is 2.22. The minimum Gasteiger partial charge on any atom is -0.508 e. The quantitative estimate of drug-likeness (QED) is 0.257. The van der Waals surface area contributed by atoms with Crippen LogP contribution in [-0.2, 0) is 0 Å². The van der Waals surface area contributed by atoms with Crippen molar-refractivity contribution in [2.75, 3.05) is 0 Å². The number of aromatic hydroxyl groups is 2. The van der Waals surface area contributed by atoms with Gasteiger partial charge in [-0.15, -0.1) is 0 Å². The molecule has 0 bridgehead atoms. The first kappa shape index (κ1) is 19.9. The van der Waals surface area contributed by atoms with Gasteiger partial charge in [0.25, 0.3) is 5.91 Å². The lowest BCUT2D eigenvalue weighted by Gasteiger charge is -2.05. The van der Waals surface area contributed by atoms with Gasteiger partial charge in [-0.05, 0) is 60.2 Å². The van der Waals surface area contributed by atoms with Crippen LogP contribution < -0.4 is 10.2 Å². The Morgan fingerprint density at radius 1 is 1.00 bits per heavy atom. The molecule has 1 amide bonds. The van der Waals surface area contributed by atoms with Crippen LogP contribution in [0, 0.1) is 0 Å². The van der Waals surface area contributed by atoms with Gasteiger partial charge in [-0.1, -0.05) is 17.7 Å². The fourth-order valence-corrected chi connectivity index (χ4v) is 2.53. The molecule has 29 heavy (non-hydrogen) atoms. The van der Waals surface area contributed by atoms with E-state index in [1.807, 2.05) is 0 Å². The number of hydrazone groups is 1. The third-order valence-corrected chi connectivity index (χ3v) is 3.99. The van der Waals surface area contributed by atoms with Crippen molar-refractivity contribution in [2.24, 2.45) is 5.10 Å². The van der Waals surface area contributed by atoms with Gasteiger partial charge in [0.05, 0.1) is 17.3 Å². The number of ether oxygens (including phenoxy) is 1. The second-order valence-electron chi connectivity index (χ2n) is 5.87. The highest BCUT2D eigenvalue weighted by atomic mass is 35.5. The van der Waals surface area contributed by atoms with Gasteiger partial charge in [-0.2, -0.15) is 5.10 Å². The van der Waals surface area contributed by atoms with Crippen LogP contribution in [0.2, 0.25) is 5.02 Å². The van der Waals surface area contributed by atoms with E-state index >= 15 is 0 Å². The van der Waals surface area contributed by atoms with Crippen molar-refractivity contribution < 1.29 is 24.5 Å². The van der Waals surface area contributed by atoms with Crippen molar-refractivity contribution in [1.29, 1.82) is 0 Å². The standard InChI is InChI=1S/C21H15ClN2O5/c22-15-3-1-2-14(10-15)21(28)29-17-7-4-13(5-8-17)12-23-24-20(27)18-9-6-16(25)11-19(18)26/h1-12,25-26H,(H,24,27)/b23-12+. The van der Waals surface area contributed by atoms with Gasteiger partial charge >= 0.3 is 5.97 Å². The summed E-state index contributed by atoms with van der Waals surface area (Å²) < 4.78 is 5.27. The number of phenolic OH excluding ortho intramolecular Hbond substituents is 2. The van der Waals surface area contributed by atoms with Crippen LogP contribution in [0.1, 0.15) is 26.3 Å². The van der Waals surface area contributed by atoms with Gasteiger partial charge in [0.2, 0.25) is 0 Å². The Kier molecular flexibility index (Phi) is 6.11. The lowest BCUT2D eigenvalue weighted by molar-refractivity contribution is 0.0734. The summed E-state index contributed by atoms with van der Waals surface area (Å²) in [6.45, 7) is 0. The number of rotatable bonds is 5. The summed E-state index contributed by atoms with van der Waals surface area (Å²) in [6.07, 6.45) is 1.39. The van der Waals surface area contributed by atoms with E-state index in [1.165, 1.54) is 24.4 Å². The van der Waals surface area contributed by atoms with E-state index in [2.05, 4.69) is 10.5 Å². The van der Waals surface area contributed by atoms with Crippen molar-refractivity contribution in [3.8, 4) is 17.2 Å². The lowest BCUT2D eigenvalue weighted by Crippen LogP contribution is -2.17. The van der Waals surface area contributed by atoms with E-state index in [4.69, 9.17) is 16.3 Å². The number of halogens is 1. The summed E-state index contributed by atoms with van der Waals surface area (Å²) in [5, 5.41) is 23.1.